The lowest BCUT2D eigenvalue weighted by Gasteiger charge is -2.15. The van der Waals surface area contributed by atoms with Crippen molar-refractivity contribution in [2.45, 2.75) is 27.0 Å². The number of hydrogen-bond acceptors (Lipinski definition) is 6. The summed E-state index contributed by atoms with van der Waals surface area (Å²) in [7, 11) is 0. The number of hydrogen-bond donors (Lipinski definition) is 1. The van der Waals surface area contributed by atoms with E-state index < -0.39 is 16.9 Å². The molecule has 4 rings (SSSR count). The van der Waals surface area contributed by atoms with Crippen molar-refractivity contribution in [1.82, 2.24) is 10.2 Å². The van der Waals surface area contributed by atoms with Gasteiger partial charge in [0.15, 0.2) is 11.5 Å². The number of imide groups is 1. The number of ether oxygens (including phenoxy) is 2. The molecule has 1 N–H and O–H groups in total. The topological polar surface area (TPSA) is 111 Å². The molecule has 0 spiro atoms. The van der Waals surface area contributed by atoms with Gasteiger partial charge < -0.3 is 14.8 Å². The first-order chi connectivity index (χ1) is 17.7. The van der Waals surface area contributed by atoms with Gasteiger partial charge in [0.05, 0.1) is 21.6 Å². The van der Waals surface area contributed by atoms with E-state index in [1.54, 1.807) is 24.3 Å². The Balaban J connectivity index is 1.52. The lowest BCUT2D eigenvalue weighted by molar-refractivity contribution is -0.384. The number of carbonyl (C=O) groups is 2. The number of nitrogens with zero attached hydrogens (tertiary/aromatic N) is 2. The molecule has 3 aromatic rings. The summed E-state index contributed by atoms with van der Waals surface area (Å²) in [5, 5.41) is 13.5. The molecule has 0 unspecified atom stereocenters. The second kappa shape index (κ2) is 11.4. The van der Waals surface area contributed by atoms with E-state index in [1.807, 2.05) is 44.2 Å². The average molecular weight is 613 g/mol. The molecule has 0 aromatic heterocycles. The van der Waals surface area contributed by atoms with Crippen LogP contribution in [-0.4, -0.2) is 28.4 Å². The third-order valence-electron chi connectivity index (χ3n) is 5.60. The van der Waals surface area contributed by atoms with Crippen LogP contribution >= 0.6 is 22.6 Å². The second-order valence-electron chi connectivity index (χ2n) is 8.34. The fraction of sp³-hybridized carbons (Fsp3) is 0.185. The molecule has 10 heteroatoms. The summed E-state index contributed by atoms with van der Waals surface area (Å²) in [6.07, 6.45) is 1.61. The molecule has 3 aromatic carbocycles. The highest BCUT2D eigenvalue weighted by Crippen LogP contribution is 2.36. The van der Waals surface area contributed by atoms with Gasteiger partial charge in [-0.15, -0.1) is 0 Å². The summed E-state index contributed by atoms with van der Waals surface area (Å²) < 4.78 is 12.5. The number of urea groups is 1. The largest absolute Gasteiger partial charge is 0.490 e. The monoisotopic (exact) mass is 613 g/mol. The Morgan fingerprint density at radius 2 is 1.70 bits per heavy atom. The Labute approximate surface area is 227 Å². The Morgan fingerprint density at radius 1 is 1.03 bits per heavy atom. The molecule has 0 radical (unpaired) electrons. The molecule has 1 aliphatic heterocycles. The van der Waals surface area contributed by atoms with Gasteiger partial charge in [-0.25, -0.2) is 4.79 Å². The first-order valence-electron chi connectivity index (χ1n) is 11.5. The molecular formula is C27H24IN3O6. The van der Waals surface area contributed by atoms with Crippen LogP contribution in [0.2, 0.25) is 0 Å². The Morgan fingerprint density at radius 3 is 2.35 bits per heavy atom. The van der Waals surface area contributed by atoms with Crippen molar-refractivity contribution >= 4 is 46.3 Å². The highest BCUT2D eigenvalue weighted by Gasteiger charge is 2.33. The smallest absolute Gasteiger partial charge is 0.329 e. The van der Waals surface area contributed by atoms with E-state index in [0.29, 0.717) is 23.7 Å². The molecule has 0 bridgehead atoms. The van der Waals surface area contributed by atoms with E-state index in [9.17, 15) is 19.7 Å². The van der Waals surface area contributed by atoms with Crippen LogP contribution < -0.4 is 14.8 Å². The summed E-state index contributed by atoms with van der Waals surface area (Å²) >= 11 is 2.12. The molecule has 1 fully saturated rings. The minimum absolute atomic E-state index is 0.0108. The van der Waals surface area contributed by atoms with Crippen LogP contribution in [-0.2, 0) is 17.9 Å². The Hall–Kier alpha value is -3.93. The fourth-order valence-corrected chi connectivity index (χ4v) is 4.48. The van der Waals surface area contributed by atoms with Crippen molar-refractivity contribution in [3.8, 4) is 11.5 Å². The van der Waals surface area contributed by atoms with Gasteiger partial charge in [-0.05, 0) is 83.5 Å². The summed E-state index contributed by atoms with van der Waals surface area (Å²) in [6, 6.07) is 16.9. The summed E-state index contributed by atoms with van der Waals surface area (Å²) in [5.41, 5.74) is 3.57. The standard InChI is InChI=1S/C27H24IN3O6/c1-3-36-24-14-20(12-22(28)25(24)37-16-19-8-10-21(11-9-19)31(34)35)13-23-26(32)30(27(33)29-23)15-18-6-4-17(2)5-7-18/h4-14H,3,15-16H2,1-2H3,(H,29,33)/b23-13+. The van der Waals surface area contributed by atoms with Gasteiger partial charge in [-0.1, -0.05) is 29.8 Å². The zero-order valence-corrected chi connectivity index (χ0v) is 22.4. The van der Waals surface area contributed by atoms with E-state index in [2.05, 4.69) is 27.9 Å². The van der Waals surface area contributed by atoms with E-state index in [4.69, 9.17) is 9.47 Å². The van der Waals surface area contributed by atoms with Crippen molar-refractivity contribution in [3.05, 3.63) is 102 Å². The first-order valence-corrected chi connectivity index (χ1v) is 12.6. The van der Waals surface area contributed by atoms with Crippen LogP contribution in [0.15, 0.2) is 66.4 Å². The quantitative estimate of drug-likeness (QED) is 0.111. The van der Waals surface area contributed by atoms with Gasteiger partial charge >= 0.3 is 6.03 Å². The van der Waals surface area contributed by atoms with Crippen LogP contribution in [0.5, 0.6) is 11.5 Å². The van der Waals surface area contributed by atoms with Crippen LogP contribution in [0.25, 0.3) is 6.08 Å². The number of nitro groups is 1. The molecule has 1 heterocycles. The van der Waals surface area contributed by atoms with Gasteiger partial charge in [0.1, 0.15) is 12.3 Å². The summed E-state index contributed by atoms with van der Waals surface area (Å²) in [5.74, 6) is 0.597. The fourth-order valence-electron chi connectivity index (χ4n) is 3.70. The maximum absolute atomic E-state index is 13.0. The highest BCUT2D eigenvalue weighted by molar-refractivity contribution is 14.1. The van der Waals surface area contributed by atoms with Crippen molar-refractivity contribution in [1.29, 1.82) is 0 Å². The predicted molar refractivity (Wildman–Crippen MR) is 146 cm³/mol. The van der Waals surface area contributed by atoms with Crippen molar-refractivity contribution in [2.24, 2.45) is 0 Å². The number of amides is 3. The number of rotatable bonds is 9. The lowest BCUT2D eigenvalue weighted by atomic mass is 10.1. The van der Waals surface area contributed by atoms with Gasteiger partial charge in [-0.3, -0.25) is 19.8 Å². The van der Waals surface area contributed by atoms with E-state index in [1.165, 1.54) is 17.0 Å². The van der Waals surface area contributed by atoms with Crippen molar-refractivity contribution in [3.63, 3.8) is 0 Å². The lowest BCUT2D eigenvalue weighted by Crippen LogP contribution is -2.30. The number of halogens is 1. The molecule has 1 aliphatic rings. The zero-order valence-electron chi connectivity index (χ0n) is 20.2. The summed E-state index contributed by atoms with van der Waals surface area (Å²) in [4.78, 5) is 37.0. The van der Waals surface area contributed by atoms with Crippen molar-refractivity contribution in [2.75, 3.05) is 6.61 Å². The van der Waals surface area contributed by atoms with Crippen LogP contribution in [0.4, 0.5) is 10.5 Å². The van der Waals surface area contributed by atoms with Gasteiger partial charge in [0.2, 0.25) is 0 Å². The van der Waals surface area contributed by atoms with Gasteiger partial charge in [-0.2, -0.15) is 0 Å². The van der Waals surface area contributed by atoms with Gasteiger partial charge in [0, 0.05) is 12.1 Å². The molecule has 3 amide bonds. The number of benzene rings is 3. The number of aryl methyl sites for hydroxylation is 1. The van der Waals surface area contributed by atoms with Gasteiger partial charge in [0.25, 0.3) is 11.6 Å². The first kappa shape index (κ1) is 26.1. The normalized spacial score (nSPS) is 14.1. The molecule has 37 heavy (non-hydrogen) atoms. The van der Waals surface area contributed by atoms with Crippen LogP contribution in [0.1, 0.15) is 29.2 Å². The maximum Gasteiger partial charge on any atom is 0.329 e. The number of nitrogens with one attached hydrogen (secondary N) is 1. The zero-order chi connectivity index (χ0) is 26.5. The average Bonchev–Trinajstić information content (AvgIpc) is 3.12. The number of non-ortho nitro benzene ring substituents is 1. The Bertz CT molecular complexity index is 1370. The molecule has 1 saturated heterocycles. The number of carbonyl (C=O) groups excluding carboxylic acids is 2. The molecule has 9 nitrogen and oxygen atoms in total. The number of nitro benzene ring substituents is 1. The van der Waals surface area contributed by atoms with E-state index in [-0.39, 0.29) is 24.5 Å². The van der Waals surface area contributed by atoms with Crippen molar-refractivity contribution < 1.29 is 24.0 Å². The minimum atomic E-state index is -0.473. The molecule has 0 saturated carbocycles. The SMILES string of the molecule is CCOc1cc(/C=C2/NC(=O)N(Cc3ccc(C)cc3)C2=O)cc(I)c1OCc1ccc([N+](=O)[O-])cc1. The minimum Gasteiger partial charge on any atom is -0.490 e. The third kappa shape index (κ3) is 6.26. The van der Waals surface area contributed by atoms with Crippen LogP contribution in [0, 0.1) is 20.6 Å². The van der Waals surface area contributed by atoms with Crippen LogP contribution in [0.3, 0.4) is 0 Å². The Kier molecular flexibility index (Phi) is 8.07. The third-order valence-corrected chi connectivity index (χ3v) is 6.40. The van der Waals surface area contributed by atoms with E-state index >= 15 is 0 Å². The summed E-state index contributed by atoms with van der Waals surface area (Å²) in [6.45, 7) is 4.59. The maximum atomic E-state index is 13.0. The van der Waals surface area contributed by atoms with E-state index in [0.717, 1.165) is 20.3 Å². The molecule has 0 aliphatic carbocycles. The molecular weight excluding hydrogens is 589 g/mol. The molecule has 0 atom stereocenters. The highest BCUT2D eigenvalue weighted by atomic mass is 127. The second-order valence-corrected chi connectivity index (χ2v) is 9.50. The predicted octanol–water partition coefficient (Wildman–Crippen LogP) is 5.58. The molecule has 190 valence electrons.